The van der Waals surface area contributed by atoms with Crippen LogP contribution in [0, 0.1) is 11.8 Å². The number of halogens is 1. The first-order chi connectivity index (χ1) is 9.63. The summed E-state index contributed by atoms with van der Waals surface area (Å²) in [6.45, 7) is 0. The van der Waals surface area contributed by atoms with Crippen molar-refractivity contribution in [2.45, 2.75) is 6.42 Å². The van der Waals surface area contributed by atoms with Gasteiger partial charge < -0.3 is 4.74 Å². The van der Waals surface area contributed by atoms with E-state index in [2.05, 4.69) is 15.9 Å². The molecule has 3 rings (SSSR count). The molecule has 3 nitrogen and oxygen atoms in total. The van der Waals surface area contributed by atoms with Gasteiger partial charge in [-0.1, -0.05) is 40.2 Å². The zero-order valence-electron chi connectivity index (χ0n) is 10.9. The largest absolute Gasteiger partial charge is 0.469 e. The molecule has 0 radical (unpaired) electrons. The van der Waals surface area contributed by atoms with Crippen molar-refractivity contribution in [2.75, 3.05) is 7.11 Å². The number of carbonyl (C=O) groups excluding carboxylic acids is 2. The molecule has 0 saturated heterocycles. The minimum absolute atomic E-state index is 0.0316. The van der Waals surface area contributed by atoms with Gasteiger partial charge in [0.1, 0.15) is 0 Å². The van der Waals surface area contributed by atoms with Crippen molar-refractivity contribution in [3.05, 3.63) is 46.4 Å². The average molecular weight is 333 g/mol. The van der Waals surface area contributed by atoms with Gasteiger partial charge in [0.15, 0.2) is 5.78 Å². The zero-order valence-corrected chi connectivity index (χ0v) is 12.5. The minimum atomic E-state index is -0.287. The Hall–Kier alpha value is -1.68. The third-order valence-electron chi connectivity index (χ3n) is 3.77. The zero-order chi connectivity index (χ0) is 14.3. The first kappa shape index (κ1) is 13.3. The second-order valence-corrected chi connectivity index (χ2v) is 5.83. The van der Waals surface area contributed by atoms with Crippen molar-refractivity contribution >= 4 is 38.5 Å². The van der Waals surface area contributed by atoms with Gasteiger partial charge in [0.25, 0.3) is 0 Å². The van der Waals surface area contributed by atoms with E-state index in [0.717, 1.165) is 15.2 Å². The summed E-state index contributed by atoms with van der Waals surface area (Å²) in [7, 11) is 1.36. The number of ketones is 1. The van der Waals surface area contributed by atoms with Crippen molar-refractivity contribution < 1.29 is 14.3 Å². The van der Waals surface area contributed by atoms with Crippen LogP contribution in [-0.2, 0) is 9.53 Å². The van der Waals surface area contributed by atoms with Crippen LogP contribution in [0.25, 0.3) is 10.8 Å². The van der Waals surface area contributed by atoms with Crippen LogP contribution in [0.4, 0.5) is 0 Å². The van der Waals surface area contributed by atoms with E-state index in [1.807, 2.05) is 36.4 Å². The normalized spacial score (nSPS) is 20.7. The van der Waals surface area contributed by atoms with Gasteiger partial charge in [-0.3, -0.25) is 9.59 Å². The van der Waals surface area contributed by atoms with E-state index in [9.17, 15) is 9.59 Å². The molecular formula is C16H13BrO3. The number of hydrogen-bond donors (Lipinski definition) is 0. The molecule has 0 aliphatic heterocycles. The maximum atomic E-state index is 12.5. The van der Waals surface area contributed by atoms with E-state index in [1.165, 1.54) is 7.11 Å². The highest BCUT2D eigenvalue weighted by molar-refractivity contribution is 9.10. The van der Waals surface area contributed by atoms with Crippen LogP contribution in [-0.4, -0.2) is 18.9 Å². The molecule has 1 aliphatic rings. The van der Waals surface area contributed by atoms with Gasteiger partial charge in [0, 0.05) is 16.0 Å². The third kappa shape index (κ3) is 2.14. The minimum Gasteiger partial charge on any atom is -0.469 e. The van der Waals surface area contributed by atoms with Crippen LogP contribution in [0.3, 0.4) is 0 Å². The number of esters is 1. The number of Topliss-reactive ketones (excluding diaryl/α,β-unsaturated/α-hetero) is 1. The van der Waals surface area contributed by atoms with E-state index >= 15 is 0 Å². The molecule has 2 aromatic rings. The molecule has 0 N–H and O–H groups in total. The molecule has 1 saturated carbocycles. The topological polar surface area (TPSA) is 43.4 Å². The van der Waals surface area contributed by atoms with E-state index in [-0.39, 0.29) is 23.6 Å². The summed E-state index contributed by atoms with van der Waals surface area (Å²) < 4.78 is 5.66. The summed E-state index contributed by atoms with van der Waals surface area (Å²) >= 11 is 3.49. The van der Waals surface area contributed by atoms with Crippen molar-refractivity contribution in [3.8, 4) is 0 Å². The number of ether oxygens (including phenoxy) is 1. The second-order valence-electron chi connectivity index (χ2n) is 4.98. The van der Waals surface area contributed by atoms with Crippen LogP contribution in [0.5, 0.6) is 0 Å². The van der Waals surface area contributed by atoms with Crippen molar-refractivity contribution in [1.82, 2.24) is 0 Å². The van der Waals surface area contributed by atoms with Crippen molar-refractivity contribution in [1.29, 1.82) is 0 Å². The standard InChI is InChI=1S/C16H13BrO3/c1-20-16(19)13-8-12(13)15(18)11-6-7-14(17)10-5-3-2-4-9(10)11/h2-7,12-13H,8H2,1H3/t12-,13+/m0/s1. The quantitative estimate of drug-likeness (QED) is 0.637. The van der Waals surface area contributed by atoms with Crippen molar-refractivity contribution in [2.24, 2.45) is 11.8 Å². The molecule has 1 aliphatic carbocycles. The van der Waals surface area contributed by atoms with E-state index in [0.29, 0.717) is 12.0 Å². The lowest BCUT2D eigenvalue weighted by Gasteiger charge is -2.07. The van der Waals surface area contributed by atoms with E-state index < -0.39 is 0 Å². The van der Waals surface area contributed by atoms with Gasteiger partial charge >= 0.3 is 5.97 Å². The third-order valence-corrected chi connectivity index (χ3v) is 4.46. The first-order valence-electron chi connectivity index (χ1n) is 6.42. The molecule has 2 atom stereocenters. The molecule has 0 amide bonds. The molecule has 2 aromatic carbocycles. The average Bonchev–Trinajstić information content (AvgIpc) is 3.27. The maximum Gasteiger partial charge on any atom is 0.309 e. The number of hydrogen-bond acceptors (Lipinski definition) is 3. The first-order valence-corrected chi connectivity index (χ1v) is 7.22. The van der Waals surface area contributed by atoms with Gasteiger partial charge in [-0.25, -0.2) is 0 Å². The van der Waals surface area contributed by atoms with Crippen LogP contribution < -0.4 is 0 Å². The number of carbonyl (C=O) groups is 2. The van der Waals surface area contributed by atoms with Crippen LogP contribution in [0.15, 0.2) is 40.9 Å². The van der Waals surface area contributed by atoms with E-state index in [4.69, 9.17) is 4.74 Å². The highest BCUT2D eigenvalue weighted by atomic mass is 79.9. The summed E-state index contributed by atoms with van der Waals surface area (Å²) in [5, 5.41) is 1.93. The fourth-order valence-corrected chi connectivity index (χ4v) is 3.05. The fraction of sp³-hybridized carbons (Fsp3) is 0.250. The summed E-state index contributed by atoms with van der Waals surface area (Å²) in [6, 6.07) is 11.5. The van der Waals surface area contributed by atoms with Gasteiger partial charge in [-0.2, -0.15) is 0 Å². The van der Waals surface area contributed by atoms with E-state index in [1.54, 1.807) is 0 Å². The fourth-order valence-electron chi connectivity index (χ4n) is 2.57. The predicted octanol–water partition coefficient (Wildman–Crippen LogP) is 3.59. The molecule has 102 valence electrons. The molecule has 1 fully saturated rings. The van der Waals surface area contributed by atoms with Crippen LogP contribution in [0.1, 0.15) is 16.8 Å². The molecule has 0 bridgehead atoms. The maximum absolute atomic E-state index is 12.5. The summed E-state index contributed by atoms with van der Waals surface area (Å²) in [6.07, 6.45) is 0.593. The summed E-state index contributed by atoms with van der Waals surface area (Å²) in [4.78, 5) is 24.0. The lowest BCUT2D eigenvalue weighted by atomic mass is 9.98. The monoisotopic (exact) mass is 332 g/mol. The summed E-state index contributed by atoms with van der Waals surface area (Å²) in [5.74, 6) is -0.754. The Morgan fingerprint density at radius 3 is 2.50 bits per heavy atom. The molecule has 0 heterocycles. The Morgan fingerprint density at radius 2 is 1.80 bits per heavy atom. The Kier molecular flexibility index (Phi) is 3.34. The molecule has 0 unspecified atom stereocenters. The predicted molar refractivity (Wildman–Crippen MR) is 79.6 cm³/mol. The Balaban J connectivity index is 1.98. The highest BCUT2D eigenvalue weighted by Crippen LogP contribution is 2.43. The Morgan fingerprint density at radius 1 is 1.10 bits per heavy atom. The van der Waals surface area contributed by atoms with Gasteiger partial charge in [0.2, 0.25) is 0 Å². The molecule has 20 heavy (non-hydrogen) atoms. The van der Waals surface area contributed by atoms with Crippen LogP contribution >= 0.6 is 15.9 Å². The second kappa shape index (κ2) is 5.02. The molecular weight excluding hydrogens is 320 g/mol. The van der Waals surface area contributed by atoms with Crippen LogP contribution in [0.2, 0.25) is 0 Å². The lowest BCUT2D eigenvalue weighted by Crippen LogP contribution is -2.10. The number of methoxy groups -OCH3 is 1. The lowest BCUT2D eigenvalue weighted by molar-refractivity contribution is -0.142. The number of benzene rings is 2. The smallest absolute Gasteiger partial charge is 0.309 e. The molecule has 4 heteroatoms. The van der Waals surface area contributed by atoms with Gasteiger partial charge in [0.05, 0.1) is 13.0 Å². The SMILES string of the molecule is COC(=O)[C@@H]1C[C@@H]1C(=O)c1ccc(Br)c2ccccc12. The van der Waals surface area contributed by atoms with Gasteiger partial charge in [-0.15, -0.1) is 0 Å². The number of rotatable bonds is 3. The molecule has 0 spiro atoms. The highest BCUT2D eigenvalue weighted by Gasteiger charge is 2.49. The number of fused-ring (bicyclic) bond motifs is 1. The Bertz CT molecular complexity index is 708. The molecule has 0 aromatic heterocycles. The van der Waals surface area contributed by atoms with Gasteiger partial charge in [-0.05, 0) is 29.3 Å². The summed E-state index contributed by atoms with van der Waals surface area (Å²) in [5.41, 5.74) is 0.681. The van der Waals surface area contributed by atoms with Crippen molar-refractivity contribution in [3.63, 3.8) is 0 Å². The Labute approximate surface area is 125 Å².